The van der Waals surface area contributed by atoms with Crippen molar-refractivity contribution in [3.63, 3.8) is 0 Å². The van der Waals surface area contributed by atoms with E-state index in [4.69, 9.17) is 13.0 Å². The van der Waals surface area contributed by atoms with Crippen LogP contribution in [0.3, 0.4) is 0 Å². The summed E-state index contributed by atoms with van der Waals surface area (Å²) >= 11 is 7.09. The van der Waals surface area contributed by atoms with E-state index in [1.54, 1.807) is 0 Å². The molecular weight excluding hydrogens is 255 g/mol. The predicted octanol–water partition coefficient (Wildman–Crippen LogP) is 2.48. The molecule has 0 saturated carbocycles. The monoisotopic (exact) mass is 258 g/mol. The Morgan fingerprint density at radius 2 is 2.56 bits per heavy atom. The van der Waals surface area contributed by atoms with Gasteiger partial charge in [-0.05, 0) is 28.6 Å². The molecule has 0 aliphatic heterocycles. The largest absolute Gasteiger partial charge is 0.240 e. The van der Waals surface area contributed by atoms with Gasteiger partial charge in [0.2, 0.25) is 0 Å². The van der Waals surface area contributed by atoms with Gasteiger partial charge in [0.05, 0.1) is 1.37 Å². The Labute approximate surface area is 71.8 Å². The van der Waals surface area contributed by atoms with Crippen LogP contribution in [0, 0.1) is 9.39 Å². The van der Waals surface area contributed by atoms with Crippen LogP contribution < -0.4 is 0 Å². The molecule has 0 unspecified atom stereocenters. The summed E-state index contributed by atoms with van der Waals surface area (Å²) in [4.78, 5) is 3.50. The first kappa shape index (κ1) is 5.85. The van der Waals surface area contributed by atoms with Crippen LogP contribution >= 0.6 is 34.2 Å². The lowest BCUT2D eigenvalue weighted by Crippen LogP contribution is -1.82. The van der Waals surface area contributed by atoms with Crippen molar-refractivity contribution >= 4 is 34.2 Å². The van der Waals surface area contributed by atoms with Crippen LogP contribution in [0.2, 0.25) is 5.15 Å². The average molecular weight is 258 g/mol. The summed E-state index contributed by atoms with van der Waals surface area (Å²) < 4.78 is 20.1. The van der Waals surface area contributed by atoms with Crippen LogP contribution in [0.5, 0.6) is 0 Å². The molecule has 0 N–H and O–H groups in total. The van der Waals surface area contributed by atoms with Crippen molar-refractivity contribution in [2.75, 3.05) is 0 Å². The van der Waals surface area contributed by atoms with Gasteiger partial charge in [-0.1, -0.05) is 11.6 Å². The van der Waals surface area contributed by atoms with Gasteiger partial charge in [-0.15, -0.1) is 0 Å². The van der Waals surface area contributed by atoms with Crippen LogP contribution in [-0.4, -0.2) is 4.98 Å². The van der Waals surface area contributed by atoms with Gasteiger partial charge in [-0.3, -0.25) is 0 Å². The Hall–Kier alpha value is 0.1000. The van der Waals surface area contributed by atoms with Crippen LogP contribution in [0.1, 0.15) is 1.37 Å². The molecule has 48 valence electrons. The lowest BCUT2D eigenvalue weighted by Gasteiger charge is -1.90. The van der Waals surface area contributed by atoms with Gasteiger partial charge in [0, 0.05) is 9.77 Å². The van der Waals surface area contributed by atoms with E-state index < -0.39 is 5.82 Å². The fourth-order valence-corrected chi connectivity index (χ4v) is 0.831. The summed E-state index contributed by atoms with van der Waals surface area (Å²) in [6, 6.07) is -0.194. The third-order valence-electron chi connectivity index (χ3n) is 0.702. The smallest absolute Gasteiger partial charge is 0.164 e. The third-order valence-corrected chi connectivity index (χ3v) is 1.51. The maximum absolute atomic E-state index is 12.6. The van der Waals surface area contributed by atoms with Crippen molar-refractivity contribution in [3.05, 3.63) is 26.8 Å². The standard InChI is InChI=1S/C5H2ClFIN/c6-5-4(7)1-3(8)2-9-5/h1-2H/i1D. The Balaban J connectivity index is 3.34. The molecule has 0 aliphatic rings. The molecule has 4 heteroatoms. The first-order valence-electron chi connectivity index (χ1n) is 2.59. The summed E-state index contributed by atoms with van der Waals surface area (Å²) in [5.41, 5.74) is 0. The molecule has 0 amide bonds. The molecule has 0 radical (unpaired) electrons. The number of hydrogen-bond donors (Lipinski definition) is 0. The lowest BCUT2D eigenvalue weighted by atomic mass is 10.5. The van der Waals surface area contributed by atoms with E-state index in [2.05, 4.69) is 4.98 Å². The van der Waals surface area contributed by atoms with Crippen molar-refractivity contribution in [2.24, 2.45) is 0 Å². The summed E-state index contributed by atoms with van der Waals surface area (Å²) in [5, 5.41) is -0.245. The second-order valence-corrected chi connectivity index (χ2v) is 2.86. The summed E-state index contributed by atoms with van der Waals surface area (Å²) in [7, 11) is 0. The molecule has 0 aliphatic carbocycles. The molecule has 1 aromatic rings. The number of rotatable bonds is 0. The fourth-order valence-electron chi connectivity index (χ4n) is 0.359. The summed E-state index contributed by atoms with van der Waals surface area (Å²) in [6.07, 6.45) is 1.36. The second kappa shape index (κ2) is 2.79. The minimum atomic E-state index is -0.756. The molecular formula is C5H2ClFIN. The maximum atomic E-state index is 12.6. The molecule has 1 rings (SSSR count). The number of nitrogens with zero attached hydrogens (tertiary/aromatic N) is 1. The first-order chi connectivity index (χ1) is 4.63. The predicted molar refractivity (Wildman–Crippen MR) is 41.9 cm³/mol. The van der Waals surface area contributed by atoms with Crippen LogP contribution in [-0.2, 0) is 0 Å². The van der Waals surface area contributed by atoms with Crippen molar-refractivity contribution in [3.8, 4) is 0 Å². The fraction of sp³-hybridized carbons (Fsp3) is 0. The van der Waals surface area contributed by atoms with Crippen LogP contribution in [0.4, 0.5) is 4.39 Å². The van der Waals surface area contributed by atoms with Crippen molar-refractivity contribution in [2.45, 2.75) is 0 Å². The number of halogens is 3. The molecule has 0 fully saturated rings. The highest BCUT2D eigenvalue weighted by molar-refractivity contribution is 14.1. The van der Waals surface area contributed by atoms with Gasteiger partial charge in [-0.2, -0.15) is 0 Å². The third kappa shape index (κ3) is 1.76. The van der Waals surface area contributed by atoms with Crippen LogP contribution in [0.15, 0.2) is 12.2 Å². The van der Waals surface area contributed by atoms with E-state index in [9.17, 15) is 4.39 Å². The van der Waals surface area contributed by atoms with E-state index >= 15 is 0 Å². The van der Waals surface area contributed by atoms with Crippen molar-refractivity contribution in [1.82, 2.24) is 4.98 Å². The summed E-state index contributed by atoms with van der Waals surface area (Å²) in [6.45, 7) is 0. The normalized spacial score (nSPS) is 11.2. The van der Waals surface area contributed by atoms with E-state index in [1.807, 2.05) is 22.6 Å². The molecule has 1 heterocycles. The Morgan fingerprint density at radius 3 is 3.11 bits per heavy atom. The molecule has 1 aromatic heterocycles. The number of aromatic nitrogens is 1. The minimum absolute atomic E-state index is 0.194. The van der Waals surface area contributed by atoms with Gasteiger partial charge < -0.3 is 0 Å². The average Bonchev–Trinajstić information content (AvgIpc) is 1.93. The molecule has 0 spiro atoms. The van der Waals surface area contributed by atoms with Gasteiger partial charge in [0.15, 0.2) is 11.0 Å². The van der Waals surface area contributed by atoms with Crippen molar-refractivity contribution in [1.29, 1.82) is 0 Å². The highest BCUT2D eigenvalue weighted by Crippen LogP contribution is 2.12. The highest BCUT2D eigenvalue weighted by Gasteiger charge is 1.98. The van der Waals surface area contributed by atoms with E-state index in [0.717, 1.165) is 0 Å². The van der Waals surface area contributed by atoms with Crippen LogP contribution in [0.25, 0.3) is 0 Å². The van der Waals surface area contributed by atoms with E-state index in [0.29, 0.717) is 3.57 Å². The molecule has 1 nitrogen and oxygen atoms in total. The second-order valence-electron chi connectivity index (χ2n) is 1.34. The molecule has 0 saturated heterocycles. The van der Waals surface area contributed by atoms with E-state index in [1.165, 1.54) is 6.20 Å². The van der Waals surface area contributed by atoms with Gasteiger partial charge in [0.1, 0.15) is 0 Å². The quantitative estimate of drug-likeness (QED) is 0.515. The lowest BCUT2D eigenvalue weighted by molar-refractivity contribution is 0.620. The van der Waals surface area contributed by atoms with Crippen molar-refractivity contribution < 1.29 is 5.76 Å². The molecule has 0 atom stereocenters. The summed E-state index contributed by atoms with van der Waals surface area (Å²) in [5.74, 6) is -0.756. The van der Waals surface area contributed by atoms with Gasteiger partial charge >= 0.3 is 0 Å². The molecule has 9 heavy (non-hydrogen) atoms. The Kier molecular flexibility index (Phi) is 1.81. The van der Waals surface area contributed by atoms with Gasteiger partial charge in [0.25, 0.3) is 0 Å². The number of hydrogen-bond acceptors (Lipinski definition) is 1. The minimum Gasteiger partial charge on any atom is -0.240 e. The SMILES string of the molecule is [2H]c1c(I)cnc(Cl)c1F. The molecule has 0 bridgehead atoms. The highest BCUT2D eigenvalue weighted by atomic mass is 127. The van der Waals surface area contributed by atoms with Gasteiger partial charge in [-0.25, -0.2) is 9.37 Å². The topological polar surface area (TPSA) is 12.9 Å². The maximum Gasteiger partial charge on any atom is 0.164 e. The number of pyridine rings is 1. The Bertz CT molecular complexity index is 241. The van der Waals surface area contributed by atoms with E-state index in [-0.39, 0.29) is 11.2 Å². The molecule has 0 aromatic carbocycles. The Morgan fingerprint density at radius 1 is 1.89 bits per heavy atom. The first-order valence-corrected chi connectivity index (χ1v) is 3.54. The zero-order valence-corrected chi connectivity index (χ0v) is 7.07. The zero-order chi connectivity index (χ0) is 7.72. The zero-order valence-electron chi connectivity index (χ0n) is 5.16.